The summed E-state index contributed by atoms with van der Waals surface area (Å²) in [6.07, 6.45) is 8.65. The van der Waals surface area contributed by atoms with Gasteiger partial charge in [0.2, 0.25) is 6.34 Å². The van der Waals surface area contributed by atoms with E-state index in [1.165, 1.54) is 22.4 Å². The summed E-state index contributed by atoms with van der Waals surface area (Å²) < 4.78 is 8.43. The van der Waals surface area contributed by atoms with E-state index in [2.05, 4.69) is 73.0 Å². The Morgan fingerprint density at radius 1 is 1.07 bits per heavy atom. The first kappa shape index (κ1) is 23.5. The Hall–Kier alpha value is -1.82. The highest BCUT2D eigenvalue weighted by Crippen LogP contribution is 2.26. The molecule has 1 aliphatic heterocycles. The van der Waals surface area contributed by atoms with E-state index < -0.39 is 0 Å². The number of para-hydroxylation sites is 1. The summed E-state index contributed by atoms with van der Waals surface area (Å²) in [5.41, 5.74) is 6.59. The predicted molar refractivity (Wildman–Crippen MR) is 120 cm³/mol. The molecule has 0 aromatic heterocycles. The lowest BCUT2D eigenvalue weighted by molar-refractivity contribution is -0.514. The maximum Gasteiger partial charge on any atom is 0.239 e. The van der Waals surface area contributed by atoms with Crippen LogP contribution in [-0.2, 0) is 0 Å². The van der Waals surface area contributed by atoms with E-state index in [4.69, 9.17) is 4.74 Å². The van der Waals surface area contributed by atoms with Gasteiger partial charge >= 0.3 is 0 Å². The van der Waals surface area contributed by atoms with Crippen molar-refractivity contribution in [2.45, 2.75) is 40.5 Å². The minimum Gasteiger partial charge on any atom is -1.00 e. The highest BCUT2D eigenvalue weighted by molar-refractivity contribution is 5.80. The maximum atomic E-state index is 6.00. The number of aryl methyl sites for hydroxylation is 3. The van der Waals surface area contributed by atoms with Crippen molar-refractivity contribution in [3.8, 4) is 5.75 Å². The molecule has 1 aliphatic rings. The third-order valence-electron chi connectivity index (χ3n) is 5.22. The van der Waals surface area contributed by atoms with Crippen LogP contribution in [0, 0.1) is 20.8 Å². The molecule has 0 spiro atoms. The Morgan fingerprint density at radius 3 is 2.52 bits per heavy atom. The van der Waals surface area contributed by atoms with E-state index in [-0.39, 0.29) is 24.0 Å². The van der Waals surface area contributed by atoms with Crippen LogP contribution in [0.5, 0.6) is 5.75 Å². The average molecular weight is 504 g/mol. The molecule has 29 heavy (non-hydrogen) atoms. The van der Waals surface area contributed by atoms with Crippen molar-refractivity contribution in [2.75, 3.05) is 31.1 Å². The van der Waals surface area contributed by atoms with Crippen LogP contribution in [0.3, 0.4) is 0 Å². The van der Waals surface area contributed by atoms with E-state index in [1.54, 1.807) is 0 Å². The highest BCUT2D eigenvalue weighted by atomic mass is 127. The van der Waals surface area contributed by atoms with Crippen LogP contribution in [0.1, 0.15) is 42.0 Å². The first-order valence-corrected chi connectivity index (χ1v) is 10.4. The Balaban J connectivity index is 0.00000300. The second kappa shape index (κ2) is 11.4. The van der Waals surface area contributed by atoms with Crippen molar-refractivity contribution in [2.24, 2.45) is 0 Å². The molecule has 0 unspecified atom stereocenters. The average Bonchev–Trinajstić information content (AvgIpc) is 3.10. The molecule has 3 rings (SSSR count). The van der Waals surface area contributed by atoms with Crippen molar-refractivity contribution >= 4 is 18.1 Å². The fraction of sp³-hybridized carbons (Fsp3) is 0.400. The number of allylic oxidation sites excluding steroid dienone is 1. The van der Waals surface area contributed by atoms with E-state index in [9.17, 15) is 0 Å². The van der Waals surface area contributed by atoms with Gasteiger partial charge in [-0.05, 0) is 57.7 Å². The van der Waals surface area contributed by atoms with Gasteiger partial charge in [-0.2, -0.15) is 0 Å². The summed E-state index contributed by atoms with van der Waals surface area (Å²) in [6.45, 7) is 12.6. The molecule has 0 aliphatic carbocycles. The lowest BCUT2D eigenvalue weighted by Crippen LogP contribution is -3.00. The molecule has 0 atom stereocenters. The molecule has 0 amide bonds. The van der Waals surface area contributed by atoms with Crippen LogP contribution in [0.4, 0.5) is 5.69 Å². The van der Waals surface area contributed by atoms with Gasteiger partial charge in [0, 0.05) is 5.56 Å². The van der Waals surface area contributed by atoms with Gasteiger partial charge in [0.15, 0.2) is 0 Å². The number of unbranched alkanes of at least 4 members (excludes halogenated alkanes) is 1. The number of rotatable bonds is 8. The van der Waals surface area contributed by atoms with Gasteiger partial charge in [-0.25, -0.2) is 4.90 Å². The first-order chi connectivity index (χ1) is 13.6. The molecular formula is C25H33IN2O. The second-order valence-corrected chi connectivity index (χ2v) is 7.69. The number of benzene rings is 2. The topological polar surface area (TPSA) is 15.5 Å². The Bertz CT molecular complexity index is 850. The van der Waals surface area contributed by atoms with Gasteiger partial charge in [0.1, 0.15) is 24.5 Å². The van der Waals surface area contributed by atoms with Crippen LogP contribution in [-0.4, -0.2) is 37.2 Å². The van der Waals surface area contributed by atoms with Gasteiger partial charge in [-0.3, -0.25) is 4.58 Å². The number of hydrogen-bond acceptors (Lipinski definition) is 2. The minimum absolute atomic E-state index is 0. The Kier molecular flexibility index (Phi) is 9.21. The van der Waals surface area contributed by atoms with Gasteiger partial charge < -0.3 is 28.7 Å². The highest BCUT2D eigenvalue weighted by Gasteiger charge is 2.24. The summed E-state index contributed by atoms with van der Waals surface area (Å²) in [7, 11) is 0. The van der Waals surface area contributed by atoms with Crippen LogP contribution in [0.2, 0.25) is 0 Å². The maximum absolute atomic E-state index is 6.00. The zero-order valence-electron chi connectivity index (χ0n) is 18.1. The van der Waals surface area contributed by atoms with Crippen molar-refractivity contribution in [3.05, 3.63) is 64.7 Å². The van der Waals surface area contributed by atoms with Crippen molar-refractivity contribution in [1.29, 1.82) is 0 Å². The molecule has 0 N–H and O–H groups in total. The molecule has 0 saturated carbocycles. The van der Waals surface area contributed by atoms with Crippen molar-refractivity contribution < 1.29 is 33.3 Å². The third kappa shape index (κ3) is 6.33. The molecule has 2 aromatic rings. The van der Waals surface area contributed by atoms with Gasteiger partial charge in [0.05, 0.1) is 13.2 Å². The van der Waals surface area contributed by atoms with Crippen LogP contribution < -0.4 is 33.6 Å². The molecule has 2 aromatic carbocycles. The van der Waals surface area contributed by atoms with Gasteiger partial charge in [-0.1, -0.05) is 48.0 Å². The molecule has 156 valence electrons. The van der Waals surface area contributed by atoms with Crippen molar-refractivity contribution in [1.82, 2.24) is 0 Å². The van der Waals surface area contributed by atoms with Gasteiger partial charge in [-0.15, -0.1) is 0 Å². The quantitative estimate of drug-likeness (QED) is 0.312. The molecular weight excluding hydrogens is 471 g/mol. The number of halogens is 1. The number of ether oxygens (including phenoxy) is 1. The van der Waals surface area contributed by atoms with Crippen LogP contribution in [0.15, 0.2) is 42.5 Å². The normalized spacial score (nSPS) is 13.5. The zero-order chi connectivity index (χ0) is 19.9. The van der Waals surface area contributed by atoms with E-state index in [0.717, 1.165) is 50.4 Å². The lowest BCUT2D eigenvalue weighted by atomic mass is 10.0. The molecule has 0 fully saturated rings. The van der Waals surface area contributed by atoms with E-state index in [0.29, 0.717) is 0 Å². The molecule has 3 nitrogen and oxygen atoms in total. The Labute approximate surface area is 193 Å². The van der Waals surface area contributed by atoms with Crippen LogP contribution in [0.25, 0.3) is 6.08 Å². The smallest absolute Gasteiger partial charge is 0.239 e. The summed E-state index contributed by atoms with van der Waals surface area (Å²) in [5.74, 6) is 0.977. The zero-order valence-corrected chi connectivity index (χ0v) is 20.3. The standard InChI is InChI=1S/C25H33N2O.HI/c1-5-10-23-11-6-7-12-24(23)28-16-9-8-13-26-14-15-27(19-26)25-21(3)17-20(2)18-22(25)4;/h5-7,10-12,17-19H,8-9,13-16H2,1-4H3;1H/q+1;/p-1/b10-5-;. The summed E-state index contributed by atoms with van der Waals surface area (Å²) >= 11 is 0. The predicted octanol–water partition coefficient (Wildman–Crippen LogP) is 2.37. The van der Waals surface area contributed by atoms with Gasteiger partial charge in [0.25, 0.3) is 0 Å². The summed E-state index contributed by atoms with van der Waals surface area (Å²) in [4.78, 5) is 2.41. The largest absolute Gasteiger partial charge is 1.00 e. The lowest BCUT2D eigenvalue weighted by Gasteiger charge is -2.13. The summed E-state index contributed by atoms with van der Waals surface area (Å²) in [5, 5.41) is 0. The first-order valence-electron chi connectivity index (χ1n) is 10.4. The molecule has 0 saturated heterocycles. The van der Waals surface area contributed by atoms with E-state index >= 15 is 0 Å². The summed E-state index contributed by atoms with van der Waals surface area (Å²) in [6, 6.07) is 12.8. The molecule has 1 heterocycles. The van der Waals surface area contributed by atoms with Crippen LogP contribution >= 0.6 is 0 Å². The number of nitrogens with zero attached hydrogens (tertiary/aromatic N) is 2. The fourth-order valence-electron chi connectivity index (χ4n) is 4.04. The SMILES string of the molecule is C/C=C\c1ccccc1OCCCC[N+]1=CN(c2c(C)cc(C)cc2C)CC1.[I-]. The monoisotopic (exact) mass is 504 g/mol. The molecule has 0 radical (unpaired) electrons. The molecule has 0 bridgehead atoms. The van der Waals surface area contributed by atoms with Crippen molar-refractivity contribution in [3.63, 3.8) is 0 Å². The van der Waals surface area contributed by atoms with E-state index in [1.807, 2.05) is 19.1 Å². The second-order valence-electron chi connectivity index (χ2n) is 7.69. The number of anilines is 1. The minimum atomic E-state index is 0. The molecule has 4 heteroatoms. The third-order valence-corrected chi connectivity index (χ3v) is 5.22. The number of hydrogen-bond donors (Lipinski definition) is 0. The Morgan fingerprint density at radius 2 is 1.79 bits per heavy atom. The fourth-order valence-corrected chi connectivity index (χ4v) is 4.04.